The second-order valence-corrected chi connectivity index (χ2v) is 6.95. The SMILES string of the molecule is Cn1ccnc1C(NC(=O)CCN1CCCCCC1)c1ccc(F)cc1. The average molecular weight is 358 g/mol. The molecule has 0 spiro atoms. The summed E-state index contributed by atoms with van der Waals surface area (Å²) in [6.45, 7) is 2.94. The van der Waals surface area contributed by atoms with Crippen LogP contribution in [0.25, 0.3) is 0 Å². The second-order valence-electron chi connectivity index (χ2n) is 6.95. The fraction of sp³-hybridized carbons (Fsp3) is 0.500. The number of aromatic nitrogens is 2. The summed E-state index contributed by atoms with van der Waals surface area (Å²) in [6, 6.07) is 5.84. The summed E-state index contributed by atoms with van der Waals surface area (Å²) in [6.07, 6.45) is 9.01. The van der Waals surface area contributed by atoms with E-state index < -0.39 is 0 Å². The first-order valence-corrected chi connectivity index (χ1v) is 9.38. The van der Waals surface area contributed by atoms with Gasteiger partial charge in [-0.25, -0.2) is 9.37 Å². The Morgan fingerprint density at radius 3 is 2.50 bits per heavy atom. The van der Waals surface area contributed by atoms with Gasteiger partial charge in [-0.1, -0.05) is 25.0 Å². The van der Waals surface area contributed by atoms with E-state index >= 15 is 0 Å². The number of nitrogens with zero attached hydrogens (tertiary/aromatic N) is 3. The summed E-state index contributed by atoms with van der Waals surface area (Å²) in [4.78, 5) is 19.3. The molecule has 0 bridgehead atoms. The first-order valence-electron chi connectivity index (χ1n) is 9.38. The zero-order valence-corrected chi connectivity index (χ0v) is 15.3. The zero-order valence-electron chi connectivity index (χ0n) is 15.3. The van der Waals surface area contributed by atoms with Crippen LogP contribution in [0.15, 0.2) is 36.7 Å². The van der Waals surface area contributed by atoms with Crippen LogP contribution in [0, 0.1) is 5.82 Å². The molecule has 1 N–H and O–H groups in total. The van der Waals surface area contributed by atoms with Crippen LogP contribution >= 0.6 is 0 Å². The van der Waals surface area contributed by atoms with Gasteiger partial charge in [-0.05, 0) is 43.6 Å². The third-order valence-electron chi connectivity index (χ3n) is 4.98. The standard InChI is InChI=1S/C20H27FN4O/c1-24-15-11-22-20(24)19(16-6-8-17(21)9-7-16)23-18(26)10-14-25-12-4-2-3-5-13-25/h6-9,11,15,19H,2-5,10,12-14H2,1H3,(H,23,26). The molecule has 1 saturated heterocycles. The molecule has 1 aliphatic rings. The lowest BCUT2D eigenvalue weighted by molar-refractivity contribution is -0.122. The molecule has 140 valence electrons. The maximum atomic E-state index is 13.3. The van der Waals surface area contributed by atoms with Gasteiger partial charge in [0.2, 0.25) is 5.91 Å². The van der Waals surface area contributed by atoms with E-state index in [0.717, 1.165) is 31.0 Å². The average Bonchev–Trinajstić information content (AvgIpc) is 2.90. The molecule has 1 amide bonds. The molecule has 1 unspecified atom stereocenters. The Kier molecular flexibility index (Phi) is 6.39. The zero-order chi connectivity index (χ0) is 18.4. The van der Waals surface area contributed by atoms with Crippen molar-refractivity contribution in [1.82, 2.24) is 19.8 Å². The van der Waals surface area contributed by atoms with E-state index in [0.29, 0.717) is 6.42 Å². The molecular weight excluding hydrogens is 331 g/mol. The molecule has 5 nitrogen and oxygen atoms in total. The lowest BCUT2D eigenvalue weighted by Gasteiger charge is -2.22. The molecule has 1 aliphatic heterocycles. The number of likely N-dealkylation sites (tertiary alicyclic amines) is 1. The highest BCUT2D eigenvalue weighted by Gasteiger charge is 2.21. The summed E-state index contributed by atoms with van der Waals surface area (Å²) >= 11 is 0. The van der Waals surface area contributed by atoms with Crippen LogP contribution in [0.2, 0.25) is 0 Å². The highest BCUT2D eigenvalue weighted by atomic mass is 19.1. The Labute approximate surface area is 154 Å². The van der Waals surface area contributed by atoms with Gasteiger partial charge < -0.3 is 14.8 Å². The van der Waals surface area contributed by atoms with Gasteiger partial charge in [0.25, 0.3) is 0 Å². The highest BCUT2D eigenvalue weighted by molar-refractivity contribution is 5.77. The third-order valence-corrected chi connectivity index (χ3v) is 4.98. The molecule has 26 heavy (non-hydrogen) atoms. The number of carbonyl (C=O) groups excluding carboxylic acids is 1. The van der Waals surface area contributed by atoms with Crippen molar-refractivity contribution in [2.24, 2.45) is 7.05 Å². The fourth-order valence-electron chi connectivity index (χ4n) is 3.46. The number of carbonyl (C=O) groups is 1. The van der Waals surface area contributed by atoms with Crippen LogP contribution in [-0.4, -0.2) is 40.0 Å². The van der Waals surface area contributed by atoms with Gasteiger partial charge in [0.1, 0.15) is 17.7 Å². The Bertz CT molecular complexity index is 705. The summed E-state index contributed by atoms with van der Waals surface area (Å²) < 4.78 is 15.2. The molecule has 0 saturated carbocycles. The second kappa shape index (κ2) is 8.94. The van der Waals surface area contributed by atoms with Gasteiger partial charge in [-0.3, -0.25) is 4.79 Å². The van der Waals surface area contributed by atoms with E-state index in [1.807, 2.05) is 17.8 Å². The molecule has 2 heterocycles. The number of benzene rings is 1. The lowest BCUT2D eigenvalue weighted by atomic mass is 10.1. The number of hydrogen-bond acceptors (Lipinski definition) is 3. The van der Waals surface area contributed by atoms with Crippen LogP contribution < -0.4 is 5.32 Å². The molecule has 3 rings (SSSR count). The van der Waals surface area contributed by atoms with Crippen molar-refractivity contribution < 1.29 is 9.18 Å². The molecule has 1 fully saturated rings. The summed E-state index contributed by atoms with van der Waals surface area (Å²) in [5.41, 5.74) is 0.823. The van der Waals surface area contributed by atoms with E-state index in [1.54, 1.807) is 18.3 Å². The Morgan fingerprint density at radius 1 is 1.19 bits per heavy atom. The van der Waals surface area contributed by atoms with E-state index in [4.69, 9.17) is 0 Å². The summed E-state index contributed by atoms with van der Waals surface area (Å²) in [5, 5.41) is 3.08. The normalized spacial score (nSPS) is 16.8. The predicted molar refractivity (Wildman–Crippen MR) is 99.1 cm³/mol. The van der Waals surface area contributed by atoms with E-state index in [-0.39, 0.29) is 17.8 Å². The van der Waals surface area contributed by atoms with E-state index in [9.17, 15) is 9.18 Å². The van der Waals surface area contributed by atoms with Crippen LogP contribution in [0.1, 0.15) is 49.5 Å². The Hall–Kier alpha value is -2.21. The van der Waals surface area contributed by atoms with Crippen molar-refractivity contribution >= 4 is 5.91 Å². The summed E-state index contributed by atoms with van der Waals surface area (Å²) in [5.74, 6) is 0.436. The smallest absolute Gasteiger partial charge is 0.222 e. The number of amides is 1. The minimum absolute atomic E-state index is 0.00780. The monoisotopic (exact) mass is 358 g/mol. The van der Waals surface area contributed by atoms with Gasteiger partial charge in [0.05, 0.1) is 0 Å². The van der Waals surface area contributed by atoms with Gasteiger partial charge >= 0.3 is 0 Å². The molecule has 0 aliphatic carbocycles. The molecule has 0 radical (unpaired) electrons. The third kappa shape index (κ3) is 4.91. The van der Waals surface area contributed by atoms with Crippen LogP contribution in [0.3, 0.4) is 0 Å². The van der Waals surface area contributed by atoms with E-state index in [2.05, 4.69) is 15.2 Å². The van der Waals surface area contributed by atoms with Crippen molar-refractivity contribution in [3.63, 3.8) is 0 Å². The van der Waals surface area contributed by atoms with Gasteiger partial charge in [-0.2, -0.15) is 0 Å². The largest absolute Gasteiger partial charge is 0.342 e. The number of hydrogen-bond donors (Lipinski definition) is 1. The van der Waals surface area contributed by atoms with Crippen molar-refractivity contribution in [2.75, 3.05) is 19.6 Å². The molecular formula is C20H27FN4O. The van der Waals surface area contributed by atoms with Crippen LogP contribution in [0.4, 0.5) is 4.39 Å². The molecule has 1 aromatic heterocycles. The quantitative estimate of drug-likeness (QED) is 0.864. The van der Waals surface area contributed by atoms with Gasteiger partial charge in [0, 0.05) is 32.4 Å². The maximum absolute atomic E-state index is 13.3. The Balaban J connectivity index is 1.66. The molecule has 1 aromatic carbocycles. The van der Waals surface area contributed by atoms with E-state index in [1.165, 1.54) is 37.8 Å². The van der Waals surface area contributed by atoms with Crippen LogP contribution in [-0.2, 0) is 11.8 Å². The fourth-order valence-corrected chi connectivity index (χ4v) is 3.46. The van der Waals surface area contributed by atoms with Crippen molar-refractivity contribution in [3.8, 4) is 0 Å². The first-order chi connectivity index (χ1) is 12.6. The maximum Gasteiger partial charge on any atom is 0.222 e. The first kappa shape index (κ1) is 18.6. The minimum Gasteiger partial charge on any atom is -0.342 e. The van der Waals surface area contributed by atoms with Gasteiger partial charge in [-0.15, -0.1) is 0 Å². The van der Waals surface area contributed by atoms with Gasteiger partial charge in [0.15, 0.2) is 0 Å². The minimum atomic E-state index is -0.382. The molecule has 6 heteroatoms. The highest BCUT2D eigenvalue weighted by Crippen LogP contribution is 2.21. The predicted octanol–water partition coefficient (Wildman–Crippen LogP) is 3.03. The number of nitrogens with one attached hydrogen (secondary N) is 1. The lowest BCUT2D eigenvalue weighted by Crippen LogP contribution is -2.34. The molecule has 2 aromatic rings. The topological polar surface area (TPSA) is 50.2 Å². The number of halogens is 1. The number of imidazole rings is 1. The van der Waals surface area contributed by atoms with Crippen molar-refractivity contribution in [3.05, 3.63) is 53.9 Å². The van der Waals surface area contributed by atoms with Crippen LogP contribution in [0.5, 0.6) is 0 Å². The van der Waals surface area contributed by atoms with Crippen molar-refractivity contribution in [2.45, 2.75) is 38.1 Å². The molecule has 1 atom stereocenters. The number of rotatable bonds is 6. The Morgan fingerprint density at radius 2 is 1.88 bits per heavy atom. The summed E-state index contributed by atoms with van der Waals surface area (Å²) in [7, 11) is 1.89. The number of aryl methyl sites for hydroxylation is 1. The van der Waals surface area contributed by atoms with Crippen molar-refractivity contribution in [1.29, 1.82) is 0 Å².